The number of hydrogen-bond acceptors (Lipinski definition) is 2. The van der Waals surface area contributed by atoms with Crippen molar-refractivity contribution in [2.75, 3.05) is 0 Å². The summed E-state index contributed by atoms with van der Waals surface area (Å²) in [4.78, 5) is 0. The highest BCUT2D eigenvalue weighted by atomic mass is 79.9. The van der Waals surface area contributed by atoms with E-state index >= 15 is 0 Å². The standard InChI is InChI=1S/C13H15Br2N3/c1-7(16)11-5-4-10(6-12(11)14)18-9(3)13(15)8(2)17-18/h4-7H,16H2,1-3H3/t7-/m0/s1. The Bertz CT molecular complexity index is 588. The summed E-state index contributed by atoms with van der Waals surface area (Å²) in [6.07, 6.45) is 0. The third-order valence-corrected chi connectivity index (χ3v) is 4.76. The Morgan fingerprint density at radius 3 is 2.39 bits per heavy atom. The fraction of sp³-hybridized carbons (Fsp3) is 0.308. The van der Waals surface area contributed by atoms with Gasteiger partial charge in [-0.1, -0.05) is 22.0 Å². The lowest BCUT2D eigenvalue weighted by atomic mass is 10.1. The second kappa shape index (κ2) is 5.15. The molecule has 1 heterocycles. The quantitative estimate of drug-likeness (QED) is 0.864. The van der Waals surface area contributed by atoms with Crippen molar-refractivity contribution in [3.05, 3.63) is 44.1 Å². The van der Waals surface area contributed by atoms with Gasteiger partial charge >= 0.3 is 0 Å². The van der Waals surface area contributed by atoms with E-state index in [0.29, 0.717) is 0 Å². The van der Waals surface area contributed by atoms with E-state index in [9.17, 15) is 0 Å². The molecule has 3 nitrogen and oxygen atoms in total. The molecule has 0 fully saturated rings. The van der Waals surface area contributed by atoms with Crippen LogP contribution in [0.1, 0.15) is 29.9 Å². The van der Waals surface area contributed by atoms with Crippen molar-refractivity contribution in [1.82, 2.24) is 9.78 Å². The first kappa shape index (κ1) is 13.8. The topological polar surface area (TPSA) is 43.8 Å². The first-order chi connectivity index (χ1) is 8.41. The molecule has 1 aromatic heterocycles. The van der Waals surface area contributed by atoms with Gasteiger partial charge in [-0.25, -0.2) is 4.68 Å². The molecule has 0 radical (unpaired) electrons. The van der Waals surface area contributed by atoms with E-state index in [0.717, 1.165) is 31.6 Å². The van der Waals surface area contributed by atoms with Gasteiger partial charge in [0.1, 0.15) is 0 Å². The maximum Gasteiger partial charge on any atom is 0.0743 e. The number of halogens is 2. The molecule has 1 aromatic carbocycles. The highest BCUT2D eigenvalue weighted by Gasteiger charge is 2.12. The number of nitrogens with two attached hydrogens (primary N) is 1. The van der Waals surface area contributed by atoms with Gasteiger partial charge in [0.15, 0.2) is 0 Å². The number of aromatic nitrogens is 2. The third-order valence-electron chi connectivity index (χ3n) is 2.92. The van der Waals surface area contributed by atoms with Crippen LogP contribution in [-0.4, -0.2) is 9.78 Å². The Morgan fingerprint density at radius 1 is 1.28 bits per heavy atom. The summed E-state index contributed by atoms with van der Waals surface area (Å²) in [5.41, 5.74) is 10.1. The van der Waals surface area contributed by atoms with Crippen LogP contribution in [0.2, 0.25) is 0 Å². The smallest absolute Gasteiger partial charge is 0.0743 e. The van der Waals surface area contributed by atoms with Gasteiger partial charge in [0.25, 0.3) is 0 Å². The van der Waals surface area contributed by atoms with E-state index in [1.54, 1.807) is 0 Å². The lowest BCUT2D eigenvalue weighted by molar-refractivity contribution is 0.803. The van der Waals surface area contributed by atoms with Gasteiger partial charge < -0.3 is 5.73 Å². The number of nitrogens with zero attached hydrogens (tertiary/aromatic N) is 2. The summed E-state index contributed by atoms with van der Waals surface area (Å²) in [7, 11) is 0. The minimum absolute atomic E-state index is 0.0145. The zero-order valence-electron chi connectivity index (χ0n) is 10.5. The minimum Gasteiger partial charge on any atom is -0.324 e. The average molecular weight is 373 g/mol. The van der Waals surface area contributed by atoms with Crippen LogP contribution in [0.15, 0.2) is 27.1 Å². The third kappa shape index (κ3) is 2.39. The second-order valence-electron chi connectivity index (χ2n) is 4.39. The minimum atomic E-state index is 0.0145. The van der Waals surface area contributed by atoms with Crippen LogP contribution in [0.3, 0.4) is 0 Å². The van der Waals surface area contributed by atoms with Gasteiger partial charge in [-0.05, 0) is 54.4 Å². The van der Waals surface area contributed by atoms with Gasteiger partial charge in [-0.15, -0.1) is 0 Å². The number of benzene rings is 1. The van der Waals surface area contributed by atoms with Crippen molar-refractivity contribution < 1.29 is 0 Å². The van der Waals surface area contributed by atoms with Crippen LogP contribution in [0.25, 0.3) is 5.69 Å². The van der Waals surface area contributed by atoms with Gasteiger partial charge in [-0.2, -0.15) is 5.10 Å². The van der Waals surface area contributed by atoms with Crippen molar-refractivity contribution >= 4 is 31.9 Å². The largest absolute Gasteiger partial charge is 0.324 e. The molecular weight excluding hydrogens is 358 g/mol. The fourth-order valence-corrected chi connectivity index (χ4v) is 2.87. The maximum atomic E-state index is 5.90. The second-order valence-corrected chi connectivity index (χ2v) is 6.04. The van der Waals surface area contributed by atoms with Crippen molar-refractivity contribution in [2.24, 2.45) is 5.73 Å². The maximum absolute atomic E-state index is 5.90. The van der Waals surface area contributed by atoms with E-state index in [2.05, 4.69) is 37.0 Å². The lowest BCUT2D eigenvalue weighted by Crippen LogP contribution is -2.07. The van der Waals surface area contributed by atoms with Crippen molar-refractivity contribution in [2.45, 2.75) is 26.8 Å². The summed E-state index contributed by atoms with van der Waals surface area (Å²) in [6, 6.07) is 6.13. The Labute approximate surface area is 124 Å². The van der Waals surface area contributed by atoms with E-state index in [4.69, 9.17) is 5.73 Å². The van der Waals surface area contributed by atoms with Gasteiger partial charge in [-0.3, -0.25) is 0 Å². The van der Waals surface area contributed by atoms with E-state index in [1.165, 1.54) is 0 Å². The van der Waals surface area contributed by atoms with Crippen LogP contribution in [0, 0.1) is 13.8 Å². The molecule has 0 saturated heterocycles. The molecule has 0 unspecified atom stereocenters. The molecule has 0 spiro atoms. The highest BCUT2D eigenvalue weighted by molar-refractivity contribution is 9.10. The molecule has 96 valence electrons. The highest BCUT2D eigenvalue weighted by Crippen LogP contribution is 2.27. The van der Waals surface area contributed by atoms with Crippen LogP contribution in [0.5, 0.6) is 0 Å². The molecule has 1 atom stereocenters. The zero-order valence-corrected chi connectivity index (χ0v) is 13.7. The SMILES string of the molecule is Cc1nn(-c2ccc([C@H](C)N)c(Br)c2)c(C)c1Br. The summed E-state index contributed by atoms with van der Waals surface area (Å²) in [6.45, 7) is 6.00. The monoisotopic (exact) mass is 371 g/mol. The molecule has 0 amide bonds. The molecule has 2 rings (SSSR count). The Hall–Kier alpha value is -0.650. The van der Waals surface area contributed by atoms with Gasteiger partial charge in [0.05, 0.1) is 21.5 Å². The molecule has 0 bridgehead atoms. The summed E-state index contributed by atoms with van der Waals surface area (Å²) < 4.78 is 3.99. The number of hydrogen-bond donors (Lipinski definition) is 1. The van der Waals surface area contributed by atoms with E-state index < -0.39 is 0 Å². The molecule has 0 aliphatic carbocycles. The molecule has 0 aliphatic heterocycles. The normalized spacial score (nSPS) is 12.8. The number of aryl methyl sites for hydroxylation is 1. The Morgan fingerprint density at radius 2 is 1.94 bits per heavy atom. The molecule has 0 aliphatic rings. The molecule has 2 N–H and O–H groups in total. The first-order valence-electron chi connectivity index (χ1n) is 5.69. The summed E-state index contributed by atoms with van der Waals surface area (Å²) in [5, 5.41) is 4.51. The summed E-state index contributed by atoms with van der Waals surface area (Å²) >= 11 is 7.10. The lowest BCUT2D eigenvalue weighted by Gasteiger charge is -2.11. The van der Waals surface area contributed by atoms with Gasteiger partial charge in [0, 0.05) is 10.5 Å². The van der Waals surface area contributed by atoms with Crippen LogP contribution in [-0.2, 0) is 0 Å². The van der Waals surface area contributed by atoms with E-state index in [1.807, 2.05) is 43.7 Å². The molecule has 18 heavy (non-hydrogen) atoms. The van der Waals surface area contributed by atoms with Crippen LogP contribution in [0.4, 0.5) is 0 Å². The Kier molecular flexibility index (Phi) is 3.94. The number of rotatable bonds is 2. The van der Waals surface area contributed by atoms with E-state index in [-0.39, 0.29) is 6.04 Å². The molecular formula is C13H15Br2N3. The predicted octanol–water partition coefficient (Wildman–Crippen LogP) is 4.03. The summed E-state index contributed by atoms with van der Waals surface area (Å²) in [5.74, 6) is 0. The Balaban J connectivity index is 2.52. The predicted molar refractivity (Wildman–Crippen MR) is 81.0 cm³/mol. The van der Waals surface area contributed by atoms with Crippen LogP contribution < -0.4 is 5.73 Å². The fourth-order valence-electron chi connectivity index (χ4n) is 1.89. The van der Waals surface area contributed by atoms with Crippen molar-refractivity contribution in [3.8, 4) is 5.69 Å². The van der Waals surface area contributed by atoms with Gasteiger partial charge in [0.2, 0.25) is 0 Å². The first-order valence-corrected chi connectivity index (χ1v) is 7.27. The molecule has 5 heteroatoms. The zero-order chi connectivity index (χ0) is 13.4. The van der Waals surface area contributed by atoms with Crippen molar-refractivity contribution in [1.29, 1.82) is 0 Å². The molecule has 2 aromatic rings. The molecule has 0 saturated carbocycles. The average Bonchev–Trinajstić information content (AvgIpc) is 2.56. The van der Waals surface area contributed by atoms with Crippen molar-refractivity contribution in [3.63, 3.8) is 0 Å². The van der Waals surface area contributed by atoms with Crippen LogP contribution >= 0.6 is 31.9 Å².